The molecule has 0 bridgehead atoms. The highest BCUT2D eigenvalue weighted by molar-refractivity contribution is 5.68. The number of piperidine rings is 1. The van der Waals surface area contributed by atoms with Crippen molar-refractivity contribution >= 4 is 6.09 Å². The minimum Gasteiger partial charge on any atom is -0.492 e. The van der Waals surface area contributed by atoms with Crippen LogP contribution in [0.1, 0.15) is 44.7 Å². The van der Waals surface area contributed by atoms with Gasteiger partial charge in [0.05, 0.1) is 12.2 Å². The molecule has 0 N–H and O–H groups in total. The molecule has 0 aliphatic carbocycles. The van der Waals surface area contributed by atoms with Crippen molar-refractivity contribution in [3.63, 3.8) is 0 Å². The molecule has 1 fully saturated rings. The zero-order valence-electron chi connectivity index (χ0n) is 15.0. The van der Waals surface area contributed by atoms with Gasteiger partial charge in [0.2, 0.25) is 0 Å². The van der Waals surface area contributed by atoms with Crippen LogP contribution in [0.5, 0.6) is 5.75 Å². The summed E-state index contributed by atoms with van der Waals surface area (Å²) in [5.74, 6) is 1.03. The van der Waals surface area contributed by atoms with Gasteiger partial charge in [-0.3, -0.25) is 0 Å². The highest BCUT2D eigenvalue weighted by Gasteiger charge is 2.27. The maximum absolute atomic E-state index is 12.1. The Bertz CT molecular complexity index is 620. The van der Waals surface area contributed by atoms with E-state index in [1.807, 2.05) is 39.8 Å². The predicted octanol–water partition coefficient (Wildman–Crippen LogP) is 3.89. The van der Waals surface area contributed by atoms with E-state index in [1.165, 1.54) is 0 Å². The van der Waals surface area contributed by atoms with Crippen LogP contribution in [0.3, 0.4) is 0 Å². The monoisotopic (exact) mass is 330 g/mol. The number of hydrogen-bond acceptors (Lipinski definition) is 4. The normalized spacial score (nSPS) is 15.7. The number of benzene rings is 1. The Balaban J connectivity index is 1.83. The largest absolute Gasteiger partial charge is 0.492 e. The summed E-state index contributed by atoms with van der Waals surface area (Å²) in [7, 11) is 0. The van der Waals surface area contributed by atoms with E-state index in [9.17, 15) is 4.79 Å². The third-order valence-electron chi connectivity index (χ3n) is 4.00. The van der Waals surface area contributed by atoms with Gasteiger partial charge in [0.15, 0.2) is 0 Å². The van der Waals surface area contributed by atoms with Crippen molar-refractivity contribution < 1.29 is 14.3 Å². The fraction of sp³-hybridized carbons (Fsp3) is 0.579. The van der Waals surface area contributed by atoms with Gasteiger partial charge in [0, 0.05) is 13.1 Å². The van der Waals surface area contributed by atoms with Gasteiger partial charge in [-0.05, 0) is 64.2 Å². The quantitative estimate of drug-likeness (QED) is 0.843. The second kappa shape index (κ2) is 7.57. The summed E-state index contributed by atoms with van der Waals surface area (Å²) in [4.78, 5) is 13.8. The Labute approximate surface area is 144 Å². The van der Waals surface area contributed by atoms with Crippen molar-refractivity contribution in [2.24, 2.45) is 5.92 Å². The third-order valence-corrected chi connectivity index (χ3v) is 4.00. The first-order valence-electron chi connectivity index (χ1n) is 8.40. The van der Waals surface area contributed by atoms with Gasteiger partial charge in [-0.1, -0.05) is 6.07 Å². The number of amides is 1. The number of nitrogens with zero attached hydrogens (tertiary/aromatic N) is 2. The highest BCUT2D eigenvalue weighted by atomic mass is 16.6. The van der Waals surface area contributed by atoms with Crippen LogP contribution in [-0.4, -0.2) is 36.3 Å². The maximum Gasteiger partial charge on any atom is 0.410 e. The van der Waals surface area contributed by atoms with Crippen LogP contribution in [-0.2, 0) is 4.74 Å². The maximum atomic E-state index is 12.1. The van der Waals surface area contributed by atoms with Crippen molar-refractivity contribution in [2.75, 3.05) is 19.7 Å². The molecule has 1 aliphatic rings. The molecule has 1 saturated heterocycles. The fourth-order valence-electron chi connectivity index (χ4n) is 2.66. The summed E-state index contributed by atoms with van der Waals surface area (Å²) in [6.07, 6.45) is 1.52. The van der Waals surface area contributed by atoms with Gasteiger partial charge in [-0.15, -0.1) is 0 Å². The average Bonchev–Trinajstić information content (AvgIpc) is 2.52. The molecule has 24 heavy (non-hydrogen) atoms. The smallest absolute Gasteiger partial charge is 0.410 e. The molecule has 1 aliphatic heterocycles. The van der Waals surface area contributed by atoms with Crippen molar-refractivity contribution in [1.82, 2.24) is 4.90 Å². The molecule has 0 saturated carbocycles. The fourth-order valence-corrected chi connectivity index (χ4v) is 2.66. The summed E-state index contributed by atoms with van der Waals surface area (Å²) in [6.45, 7) is 9.54. The first kappa shape index (κ1) is 18.1. The second-order valence-corrected chi connectivity index (χ2v) is 7.33. The Hall–Kier alpha value is -2.22. The Morgan fingerprint density at radius 2 is 2.00 bits per heavy atom. The molecule has 130 valence electrons. The molecular formula is C19H26N2O3. The second-order valence-electron chi connectivity index (χ2n) is 7.33. The SMILES string of the molecule is Cc1ccc(C#N)c(OCC2CCN(C(=O)OC(C)(C)C)CC2)c1. The molecule has 1 aromatic carbocycles. The van der Waals surface area contributed by atoms with E-state index in [1.54, 1.807) is 11.0 Å². The summed E-state index contributed by atoms with van der Waals surface area (Å²) in [5, 5.41) is 9.15. The molecule has 1 heterocycles. The van der Waals surface area contributed by atoms with Crippen molar-refractivity contribution in [2.45, 2.75) is 46.1 Å². The van der Waals surface area contributed by atoms with Crippen molar-refractivity contribution in [1.29, 1.82) is 5.26 Å². The predicted molar refractivity (Wildman–Crippen MR) is 91.9 cm³/mol. The van der Waals surface area contributed by atoms with E-state index in [0.29, 0.717) is 36.9 Å². The summed E-state index contributed by atoms with van der Waals surface area (Å²) < 4.78 is 11.3. The lowest BCUT2D eigenvalue weighted by Gasteiger charge is -2.33. The van der Waals surface area contributed by atoms with Crippen LogP contribution in [0.2, 0.25) is 0 Å². The van der Waals surface area contributed by atoms with Gasteiger partial charge in [-0.2, -0.15) is 5.26 Å². The Kier molecular flexibility index (Phi) is 5.71. The standard InChI is InChI=1S/C19H26N2O3/c1-14-5-6-16(12-20)17(11-14)23-13-15-7-9-21(10-8-15)18(22)24-19(2,3)4/h5-6,11,15H,7-10,13H2,1-4H3. The van der Waals surface area contributed by atoms with Gasteiger partial charge in [-0.25, -0.2) is 4.79 Å². The van der Waals surface area contributed by atoms with Crippen LogP contribution in [0.25, 0.3) is 0 Å². The summed E-state index contributed by atoms with van der Waals surface area (Å²) >= 11 is 0. The summed E-state index contributed by atoms with van der Waals surface area (Å²) in [6, 6.07) is 7.75. The zero-order chi connectivity index (χ0) is 17.7. The van der Waals surface area contributed by atoms with Gasteiger partial charge in [0.1, 0.15) is 17.4 Å². The van der Waals surface area contributed by atoms with Gasteiger partial charge < -0.3 is 14.4 Å². The van der Waals surface area contributed by atoms with Crippen LogP contribution < -0.4 is 4.74 Å². The molecule has 0 spiro atoms. The molecule has 5 nitrogen and oxygen atoms in total. The lowest BCUT2D eigenvalue weighted by molar-refractivity contribution is 0.0165. The van der Waals surface area contributed by atoms with Gasteiger partial charge in [0.25, 0.3) is 0 Å². The summed E-state index contributed by atoms with van der Waals surface area (Å²) in [5.41, 5.74) is 1.17. The number of carbonyl (C=O) groups excluding carboxylic acids is 1. The topological polar surface area (TPSA) is 62.6 Å². The first-order chi connectivity index (χ1) is 11.3. The Morgan fingerprint density at radius 3 is 2.58 bits per heavy atom. The number of rotatable bonds is 3. The number of ether oxygens (including phenoxy) is 2. The lowest BCUT2D eigenvalue weighted by atomic mass is 9.98. The molecule has 0 atom stereocenters. The van der Waals surface area contributed by atoms with E-state index in [4.69, 9.17) is 14.7 Å². The van der Waals surface area contributed by atoms with E-state index in [0.717, 1.165) is 18.4 Å². The minimum absolute atomic E-state index is 0.243. The van der Waals surface area contributed by atoms with E-state index >= 15 is 0 Å². The molecule has 1 amide bonds. The van der Waals surface area contributed by atoms with E-state index in [-0.39, 0.29) is 6.09 Å². The van der Waals surface area contributed by atoms with Crippen molar-refractivity contribution in [3.05, 3.63) is 29.3 Å². The molecular weight excluding hydrogens is 304 g/mol. The van der Waals surface area contributed by atoms with Gasteiger partial charge >= 0.3 is 6.09 Å². The lowest BCUT2D eigenvalue weighted by Crippen LogP contribution is -2.42. The van der Waals surface area contributed by atoms with Crippen LogP contribution in [0.15, 0.2) is 18.2 Å². The minimum atomic E-state index is -0.462. The average molecular weight is 330 g/mol. The molecule has 2 rings (SSSR count). The van der Waals surface area contributed by atoms with Crippen LogP contribution in [0, 0.1) is 24.2 Å². The molecule has 1 aromatic rings. The van der Waals surface area contributed by atoms with E-state index in [2.05, 4.69) is 6.07 Å². The highest BCUT2D eigenvalue weighted by Crippen LogP contribution is 2.24. The number of aryl methyl sites for hydroxylation is 1. The molecule has 0 radical (unpaired) electrons. The molecule has 5 heteroatoms. The number of hydrogen-bond donors (Lipinski definition) is 0. The third kappa shape index (κ3) is 5.16. The number of likely N-dealkylation sites (tertiary alicyclic amines) is 1. The number of carbonyl (C=O) groups is 1. The molecule has 0 aromatic heterocycles. The van der Waals surface area contributed by atoms with Crippen molar-refractivity contribution in [3.8, 4) is 11.8 Å². The van der Waals surface area contributed by atoms with Crippen LogP contribution in [0.4, 0.5) is 4.79 Å². The Morgan fingerprint density at radius 1 is 1.33 bits per heavy atom. The zero-order valence-corrected chi connectivity index (χ0v) is 15.0. The number of nitriles is 1. The molecule has 0 unspecified atom stereocenters. The van der Waals surface area contributed by atoms with Crippen LogP contribution >= 0.6 is 0 Å². The van der Waals surface area contributed by atoms with E-state index < -0.39 is 5.60 Å². The first-order valence-corrected chi connectivity index (χ1v) is 8.40.